The molecule has 0 spiro atoms. The van der Waals surface area contributed by atoms with Crippen molar-refractivity contribution in [2.24, 2.45) is 5.73 Å². The molecule has 0 rings (SSSR count). The van der Waals surface area contributed by atoms with Crippen molar-refractivity contribution in [1.29, 1.82) is 0 Å². The van der Waals surface area contributed by atoms with Crippen LogP contribution in [-0.2, 0) is 19.4 Å². The number of quaternary nitrogens is 1. The second-order valence-electron chi connectivity index (χ2n) is 9.31. The topological polar surface area (TPSA) is 110 Å². The van der Waals surface area contributed by atoms with Gasteiger partial charge in [0.15, 0.2) is 0 Å². The van der Waals surface area contributed by atoms with E-state index in [4.69, 9.17) is 5.73 Å². The van der Waals surface area contributed by atoms with E-state index in [2.05, 4.69) is 38.9 Å². The Balaban J connectivity index is -0.000000560. The van der Waals surface area contributed by atoms with Gasteiger partial charge in [-0.25, -0.2) is 8.42 Å². The number of carbonyl (C=O) groups is 1. The van der Waals surface area contributed by atoms with Crippen LogP contribution in [-0.4, -0.2) is 57.2 Å². The van der Waals surface area contributed by atoms with Gasteiger partial charge < -0.3 is 14.8 Å². The van der Waals surface area contributed by atoms with Crippen LogP contribution < -0.4 is 5.73 Å². The molecular formula is C26H58N2O5S. The van der Waals surface area contributed by atoms with E-state index in [-0.39, 0.29) is 5.91 Å². The van der Waals surface area contributed by atoms with Crippen molar-refractivity contribution in [2.45, 2.75) is 130 Å². The minimum atomic E-state index is -4.41. The summed E-state index contributed by atoms with van der Waals surface area (Å²) in [6.07, 6.45) is 20.9. The van der Waals surface area contributed by atoms with Gasteiger partial charge in [-0.05, 0) is 27.2 Å². The molecule has 0 bridgehead atoms. The number of nitrogens with two attached hydrogens (primary N) is 1. The molecule has 208 valence electrons. The number of hydrogen-bond donors (Lipinski definition) is 1. The van der Waals surface area contributed by atoms with Gasteiger partial charge in [0.25, 0.3) is 0 Å². The van der Waals surface area contributed by atoms with Crippen molar-refractivity contribution in [3.05, 3.63) is 0 Å². The Morgan fingerprint density at radius 2 is 0.971 bits per heavy atom. The van der Waals surface area contributed by atoms with Gasteiger partial charge in [-0.15, -0.1) is 0 Å². The first-order valence-electron chi connectivity index (χ1n) is 13.6. The molecule has 2 N–H and O–H groups in total. The average Bonchev–Trinajstić information content (AvgIpc) is 2.81. The monoisotopic (exact) mass is 510 g/mol. The SMILES string of the molecule is CCCCCCCCCCCCCCCCCC(N)=O.CC[N+](C)(CC)CC.COS(=O)(=O)[O-]. The minimum absolute atomic E-state index is 0.153. The molecule has 0 aliphatic carbocycles. The molecule has 0 aliphatic rings. The van der Waals surface area contributed by atoms with Crippen LogP contribution in [0.25, 0.3) is 0 Å². The highest BCUT2D eigenvalue weighted by Crippen LogP contribution is 2.13. The molecule has 0 atom stereocenters. The van der Waals surface area contributed by atoms with Gasteiger partial charge in [0.2, 0.25) is 16.3 Å². The molecule has 1 amide bonds. The van der Waals surface area contributed by atoms with Gasteiger partial charge in [0.1, 0.15) is 0 Å². The van der Waals surface area contributed by atoms with Crippen molar-refractivity contribution < 1.29 is 26.4 Å². The third-order valence-electron chi connectivity index (χ3n) is 6.52. The Bertz CT molecular complexity index is 515. The van der Waals surface area contributed by atoms with Crippen LogP contribution in [0.5, 0.6) is 0 Å². The average molecular weight is 511 g/mol. The minimum Gasteiger partial charge on any atom is -0.726 e. The smallest absolute Gasteiger partial charge is 0.217 e. The predicted molar refractivity (Wildman–Crippen MR) is 143 cm³/mol. The van der Waals surface area contributed by atoms with Crippen LogP contribution in [0.4, 0.5) is 0 Å². The van der Waals surface area contributed by atoms with Gasteiger partial charge >= 0.3 is 0 Å². The lowest BCUT2D eigenvalue weighted by molar-refractivity contribution is -0.904. The fourth-order valence-corrected chi connectivity index (χ4v) is 3.34. The lowest BCUT2D eigenvalue weighted by atomic mass is 10.0. The van der Waals surface area contributed by atoms with Crippen molar-refractivity contribution in [1.82, 2.24) is 0 Å². The van der Waals surface area contributed by atoms with Crippen LogP contribution in [0.1, 0.15) is 130 Å². The van der Waals surface area contributed by atoms with Gasteiger partial charge in [-0.1, -0.05) is 96.8 Å². The number of nitrogens with zero attached hydrogens (tertiary/aromatic N) is 1. The van der Waals surface area contributed by atoms with E-state index in [1.807, 2.05) is 0 Å². The molecule has 0 unspecified atom stereocenters. The third-order valence-corrected chi connectivity index (χ3v) is 6.93. The summed E-state index contributed by atoms with van der Waals surface area (Å²) in [5.41, 5.74) is 5.11. The second-order valence-corrected chi connectivity index (χ2v) is 10.5. The number of hydrogen-bond acceptors (Lipinski definition) is 5. The largest absolute Gasteiger partial charge is 0.726 e. The Hall–Kier alpha value is -0.700. The molecular weight excluding hydrogens is 452 g/mol. The van der Waals surface area contributed by atoms with Crippen LogP contribution in [0.15, 0.2) is 0 Å². The summed E-state index contributed by atoms with van der Waals surface area (Å²) >= 11 is 0. The zero-order chi connectivity index (χ0) is 26.7. The maximum absolute atomic E-state index is 10.6. The highest BCUT2D eigenvalue weighted by Gasteiger charge is 2.10. The Morgan fingerprint density at radius 3 is 1.15 bits per heavy atom. The molecule has 0 saturated heterocycles. The van der Waals surface area contributed by atoms with Gasteiger partial charge in [-0.2, -0.15) is 0 Å². The van der Waals surface area contributed by atoms with Gasteiger partial charge in [-0.3, -0.25) is 8.98 Å². The van der Waals surface area contributed by atoms with E-state index in [9.17, 15) is 17.8 Å². The van der Waals surface area contributed by atoms with Crippen molar-refractivity contribution in [2.75, 3.05) is 33.8 Å². The molecule has 0 aromatic rings. The van der Waals surface area contributed by atoms with Crippen molar-refractivity contribution >= 4 is 16.3 Å². The number of rotatable bonds is 20. The lowest BCUT2D eigenvalue weighted by Gasteiger charge is -2.30. The van der Waals surface area contributed by atoms with Crippen molar-refractivity contribution in [3.63, 3.8) is 0 Å². The Morgan fingerprint density at radius 1 is 0.706 bits per heavy atom. The zero-order valence-electron chi connectivity index (χ0n) is 23.4. The normalized spacial score (nSPS) is 11.3. The summed E-state index contributed by atoms with van der Waals surface area (Å²) < 4.78 is 32.2. The number of amides is 1. The number of unbranched alkanes of at least 4 members (excludes halogenated alkanes) is 14. The molecule has 8 heteroatoms. The summed E-state index contributed by atoms with van der Waals surface area (Å²) in [5.74, 6) is -0.153. The first-order valence-corrected chi connectivity index (χ1v) is 15.0. The Labute approximate surface area is 212 Å². The predicted octanol–water partition coefficient (Wildman–Crippen LogP) is 6.32. The van der Waals surface area contributed by atoms with Gasteiger partial charge in [0, 0.05) is 6.42 Å². The summed E-state index contributed by atoms with van der Waals surface area (Å²) in [6.45, 7) is 12.8. The molecule has 34 heavy (non-hydrogen) atoms. The van der Waals surface area contributed by atoms with E-state index >= 15 is 0 Å². The standard InChI is InChI=1S/C18H37NO.C7H18N.CH4O4S/c1-2-3-4-5-6-7-8-9-10-11-12-13-14-15-16-17-18(19)20;1-5-8(4,6-2)7-3;1-5-6(2,3)4/h2-17H2,1H3,(H2,19,20);5-7H2,1-4H3;1H3,(H,2,3,4)/q;+1;/p-1. The fourth-order valence-electron chi connectivity index (χ4n) is 3.34. The summed E-state index contributed by atoms with van der Waals surface area (Å²) in [4.78, 5) is 10.6. The number of primary amides is 1. The van der Waals surface area contributed by atoms with Crippen LogP contribution in [0, 0.1) is 0 Å². The maximum atomic E-state index is 10.6. The van der Waals surface area contributed by atoms with E-state index in [0.29, 0.717) is 6.42 Å². The molecule has 0 radical (unpaired) electrons. The van der Waals surface area contributed by atoms with E-state index in [0.717, 1.165) is 13.5 Å². The maximum Gasteiger partial charge on any atom is 0.217 e. The first kappa shape index (κ1) is 37.8. The van der Waals surface area contributed by atoms with Crippen molar-refractivity contribution in [3.8, 4) is 0 Å². The fraction of sp³-hybridized carbons (Fsp3) is 0.962. The molecule has 0 saturated carbocycles. The molecule has 0 fully saturated rings. The molecule has 0 aromatic heterocycles. The van der Waals surface area contributed by atoms with Crippen LogP contribution in [0.2, 0.25) is 0 Å². The van der Waals surface area contributed by atoms with Gasteiger partial charge in [0.05, 0.1) is 33.8 Å². The quantitative estimate of drug-likeness (QED) is 0.0892. The second kappa shape index (κ2) is 26.9. The van der Waals surface area contributed by atoms with E-state index in [1.165, 1.54) is 114 Å². The highest BCUT2D eigenvalue weighted by atomic mass is 32.3. The summed E-state index contributed by atoms with van der Waals surface area (Å²) in [7, 11) is -1.31. The molecule has 0 aromatic carbocycles. The van der Waals surface area contributed by atoms with Crippen LogP contribution >= 0.6 is 0 Å². The van der Waals surface area contributed by atoms with E-state index in [1.54, 1.807) is 0 Å². The van der Waals surface area contributed by atoms with Crippen LogP contribution in [0.3, 0.4) is 0 Å². The lowest BCUT2D eigenvalue weighted by Crippen LogP contribution is -2.42. The molecule has 0 aliphatic heterocycles. The molecule has 0 heterocycles. The summed E-state index contributed by atoms with van der Waals surface area (Å²) in [6, 6.07) is 0. The zero-order valence-corrected chi connectivity index (χ0v) is 24.2. The number of carbonyl (C=O) groups excluding carboxylic acids is 1. The third kappa shape index (κ3) is 35.9. The van der Waals surface area contributed by atoms with E-state index < -0.39 is 10.4 Å². The first-order chi connectivity index (χ1) is 16.0. The summed E-state index contributed by atoms with van der Waals surface area (Å²) in [5, 5.41) is 0. The molecule has 7 nitrogen and oxygen atoms in total. The highest BCUT2D eigenvalue weighted by molar-refractivity contribution is 7.80. The Kier molecular flexibility index (Phi) is 29.9.